The monoisotopic (exact) mass is 233 g/mol. The molecule has 0 aromatic heterocycles. The molecule has 1 aliphatic heterocycles. The minimum atomic E-state index is -2.88. The first-order chi connectivity index (χ1) is 6.73. The largest absolute Gasteiger partial charge is 0.296 e. The Morgan fingerprint density at radius 2 is 1.73 bits per heavy atom. The first-order valence-corrected chi connectivity index (χ1v) is 7.63. The molecule has 1 aliphatic rings. The molecule has 0 amide bonds. The van der Waals surface area contributed by atoms with Crippen LogP contribution in [0.2, 0.25) is 0 Å². The summed E-state index contributed by atoms with van der Waals surface area (Å²) in [5.74, 6) is 0.527. The van der Waals surface area contributed by atoms with Gasteiger partial charge in [-0.1, -0.05) is 13.8 Å². The van der Waals surface area contributed by atoms with Crippen molar-refractivity contribution < 1.29 is 8.42 Å². The van der Waals surface area contributed by atoms with Crippen molar-refractivity contribution in [2.45, 2.75) is 51.4 Å². The molecule has 90 valence electrons. The predicted molar refractivity (Wildman–Crippen MR) is 63.7 cm³/mol. The number of hydrogen-bond donors (Lipinski definition) is 0. The lowest BCUT2D eigenvalue weighted by Gasteiger charge is -2.30. The molecule has 1 fully saturated rings. The average molecular weight is 233 g/mol. The van der Waals surface area contributed by atoms with Gasteiger partial charge in [0.2, 0.25) is 0 Å². The molecule has 15 heavy (non-hydrogen) atoms. The third kappa shape index (κ3) is 2.94. The Hall–Kier alpha value is -0.0900. The van der Waals surface area contributed by atoms with E-state index in [1.807, 2.05) is 0 Å². The van der Waals surface area contributed by atoms with Gasteiger partial charge in [-0.3, -0.25) is 4.90 Å². The smallest absolute Gasteiger partial charge is 0.151 e. The summed E-state index contributed by atoms with van der Waals surface area (Å²) in [6, 6.07) is 0.855. The second-order valence-corrected chi connectivity index (χ2v) is 7.61. The maximum Gasteiger partial charge on any atom is 0.151 e. The first-order valence-electron chi connectivity index (χ1n) is 5.68. The Kier molecular flexibility index (Phi) is 3.82. The van der Waals surface area contributed by atoms with Crippen molar-refractivity contribution in [2.75, 3.05) is 12.8 Å². The molecule has 3 nitrogen and oxygen atoms in total. The average Bonchev–Trinajstić information content (AvgIpc) is 2.45. The SMILES string of the molecule is CC(C)[C@@H]1CC(S(C)(=O)=O)CN1C(C)C. The number of hydrogen-bond acceptors (Lipinski definition) is 3. The van der Waals surface area contributed by atoms with Gasteiger partial charge in [-0.15, -0.1) is 0 Å². The highest BCUT2D eigenvalue weighted by atomic mass is 32.2. The fourth-order valence-electron chi connectivity index (χ4n) is 2.41. The predicted octanol–water partition coefficient (Wildman–Crippen LogP) is 1.54. The molecule has 4 heteroatoms. The Morgan fingerprint density at radius 3 is 2.00 bits per heavy atom. The van der Waals surface area contributed by atoms with E-state index in [0.717, 1.165) is 6.42 Å². The highest BCUT2D eigenvalue weighted by molar-refractivity contribution is 7.91. The second kappa shape index (κ2) is 4.42. The maximum absolute atomic E-state index is 11.5. The molecule has 2 atom stereocenters. The molecule has 0 radical (unpaired) electrons. The Balaban J connectivity index is 2.83. The van der Waals surface area contributed by atoms with Gasteiger partial charge in [-0.05, 0) is 26.2 Å². The number of nitrogens with zero attached hydrogens (tertiary/aromatic N) is 1. The van der Waals surface area contributed by atoms with E-state index in [2.05, 4.69) is 32.6 Å². The molecule has 1 heterocycles. The van der Waals surface area contributed by atoms with E-state index in [4.69, 9.17) is 0 Å². The maximum atomic E-state index is 11.5. The second-order valence-electron chi connectivity index (χ2n) is 5.29. The van der Waals surface area contributed by atoms with Gasteiger partial charge in [0, 0.05) is 24.9 Å². The molecule has 1 saturated heterocycles. The van der Waals surface area contributed by atoms with E-state index in [0.29, 0.717) is 24.5 Å². The first kappa shape index (κ1) is 13.0. The molecule has 0 aliphatic carbocycles. The lowest BCUT2D eigenvalue weighted by atomic mass is 10.0. The van der Waals surface area contributed by atoms with Crippen LogP contribution in [-0.2, 0) is 9.84 Å². The van der Waals surface area contributed by atoms with E-state index in [-0.39, 0.29) is 5.25 Å². The van der Waals surface area contributed by atoms with E-state index in [1.54, 1.807) is 0 Å². The summed E-state index contributed by atoms with van der Waals surface area (Å²) >= 11 is 0. The summed E-state index contributed by atoms with van der Waals surface area (Å²) in [5.41, 5.74) is 0. The topological polar surface area (TPSA) is 37.4 Å². The van der Waals surface area contributed by atoms with E-state index in [1.165, 1.54) is 6.26 Å². The van der Waals surface area contributed by atoms with Crippen LogP contribution >= 0.6 is 0 Å². The Labute approximate surface area is 93.8 Å². The van der Waals surface area contributed by atoms with Crippen molar-refractivity contribution in [1.29, 1.82) is 0 Å². The van der Waals surface area contributed by atoms with Gasteiger partial charge in [0.15, 0.2) is 9.84 Å². The van der Waals surface area contributed by atoms with Gasteiger partial charge < -0.3 is 0 Å². The highest BCUT2D eigenvalue weighted by Gasteiger charge is 2.39. The van der Waals surface area contributed by atoms with Gasteiger partial charge in [0.1, 0.15) is 0 Å². The summed E-state index contributed by atoms with van der Waals surface area (Å²) < 4.78 is 23.1. The molecule has 0 saturated carbocycles. The van der Waals surface area contributed by atoms with Crippen LogP contribution in [-0.4, -0.2) is 43.5 Å². The molecular formula is C11H23NO2S. The van der Waals surface area contributed by atoms with Gasteiger partial charge in [0.25, 0.3) is 0 Å². The molecule has 0 aromatic rings. The van der Waals surface area contributed by atoms with Crippen LogP contribution in [0.25, 0.3) is 0 Å². The highest BCUT2D eigenvalue weighted by Crippen LogP contribution is 2.29. The molecule has 0 aromatic carbocycles. The third-order valence-corrected chi connectivity index (χ3v) is 4.94. The summed E-state index contributed by atoms with van der Waals surface area (Å²) in [5, 5.41) is -0.160. The third-order valence-electron chi connectivity index (χ3n) is 3.38. The molecule has 0 spiro atoms. The Bertz CT molecular complexity index is 293. The fraction of sp³-hybridized carbons (Fsp3) is 1.00. The normalized spacial score (nSPS) is 29.3. The quantitative estimate of drug-likeness (QED) is 0.742. The van der Waals surface area contributed by atoms with E-state index >= 15 is 0 Å². The lowest BCUT2D eigenvalue weighted by molar-refractivity contribution is 0.166. The van der Waals surface area contributed by atoms with Crippen molar-refractivity contribution in [1.82, 2.24) is 4.90 Å². The fourth-order valence-corrected chi connectivity index (χ4v) is 3.40. The van der Waals surface area contributed by atoms with Gasteiger partial charge in [0.05, 0.1) is 5.25 Å². The van der Waals surface area contributed by atoms with Gasteiger partial charge >= 0.3 is 0 Å². The molecular weight excluding hydrogens is 210 g/mol. The zero-order valence-electron chi connectivity index (χ0n) is 10.4. The van der Waals surface area contributed by atoms with Gasteiger partial charge in [-0.25, -0.2) is 8.42 Å². The van der Waals surface area contributed by atoms with Crippen LogP contribution in [0.1, 0.15) is 34.1 Å². The number of likely N-dealkylation sites (tertiary alicyclic amines) is 1. The summed E-state index contributed by atoms with van der Waals surface area (Å²) in [7, 11) is -2.88. The van der Waals surface area contributed by atoms with Crippen LogP contribution in [0.4, 0.5) is 0 Å². The van der Waals surface area contributed by atoms with Crippen LogP contribution in [0, 0.1) is 5.92 Å². The number of rotatable bonds is 3. The Morgan fingerprint density at radius 1 is 1.20 bits per heavy atom. The minimum absolute atomic E-state index is 0.160. The molecule has 0 bridgehead atoms. The summed E-state index contributed by atoms with van der Waals surface area (Å²) in [6.45, 7) is 9.33. The molecule has 0 N–H and O–H groups in total. The lowest BCUT2D eigenvalue weighted by Crippen LogP contribution is -2.38. The van der Waals surface area contributed by atoms with Crippen molar-refractivity contribution >= 4 is 9.84 Å². The van der Waals surface area contributed by atoms with Crippen molar-refractivity contribution in [3.05, 3.63) is 0 Å². The molecule has 1 rings (SSSR count). The van der Waals surface area contributed by atoms with Crippen molar-refractivity contribution in [2.24, 2.45) is 5.92 Å². The zero-order chi connectivity index (χ0) is 11.8. The van der Waals surface area contributed by atoms with E-state index in [9.17, 15) is 8.42 Å². The minimum Gasteiger partial charge on any atom is -0.296 e. The number of sulfone groups is 1. The van der Waals surface area contributed by atoms with Gasteiger partial charge in [-0.2, -0.15) is 0 Å². The van der Waals surface area contributed by atoms with Crippen molar-refractivity contribution in [3.8, 4) is 0 Å². The molecule has 1 unspecified atom stereocenters. The van der Waals surface area contributed by atoms with Crippen LogP contribution in [0.15, 0.2) is 0 Å². The van der Waals surface area contributed by atoms with E-state index < -0.39 is 9.84 Å². The summed E-state index contributed by atoms with van der Waals surface area (Å²) in [4.78, 5) is 2.33. The summed E-state index contributed by atoms with van der Waals surface area (Å²) in [6.07, 6.45) is 2.16. The van der Waals surface area contributed by atoms with Crippen LogP contribution in [0.3, 0.4) is 0 Å². The standard InChI is InChI=1S/C11H23NO2S/c1-8(2)11-6-10(15(5,13)14)7-12(11)9(3)4/h8-11H,6-7H2,1-5H3/t10?,11-/m0/s1. The zero-order valence-corrected chi connectivity index (χ0v) is 11.2. The van der Waals surface area contributed by atoms with Crippen LogP contribution < -0.4 is 0 Å². The van der Waals surface area contributed by atoms with Crippen LogP contribution in [0.5, 0.6) is 0 Å². The van der Waals surface area contributed by atoms with Crippen molar-refractivity contribution in [3.63, 3.8) is 0 Å².